The maximum absolute atomic E-state index is 14.2. The van der Waals surface area contributed by atoms with Crippen molar-refractivity contribution < 1.29 is 59.9 Å². The first kappa shape index (κ1) is 43.8. The Morgan fingerprint density at radius 2 is 1.42 bits per heavy atom. The molecule has 0 aromatic carbocycles. The van der Waals surface area contributed by atoms with Crippen LogP contribution >= 0.6 is 0 Å². The summed E-state index contributed by atoms with van der Waals surface area (Å²) in [7, 11) is -6.45. The fourth-order valence-corrected chi connectivity index (χ4v) is 7.20. The lowest BCUT2D eigenvalue weighted by atomic mass is 9.98. The van der Waals surface area contributed by atoms with Gasteiger partial charge in [0.2, 0.25) is 5.91 Å². The number of nitrogens with zero attached hydrogens (tertiary/aromatic N) is 2. The molecule has 0 N–H and O–H groups in total. The number of hydrogen-bond acceptors (Lipinski definition) is 13. The molecule has 17 heteroatoms. The van der Waals surface area contributed by atoms with Gasteiger partial charge in [-0.15, -0.1) is 0 Å². The third-order valence-corrected chi connectivity index (χ3v) is 13.6. The minimum atomic E-state index is -4.04. The van der Waals surface area contributed by atoms with Crippen LogP contribution in [0.25, 0.3) is 0 Å². The Bertz CT molecular complexity index is 1360. The number of likely N-dealkylation sites (tertiary alicyclic amines) is 1. The second kappa shape index (κ2) is 15.3. The van der Waals surface area contributed by atoms with Crippen LogP contribution in [0, 0.1) is 0 Å². The molecule has 6 atom stereocenters. The van der Waals surface area contributed by atoms with E-state index in [-0.39, 0.29) is 24.6 Å². The lowest BCUT2D eigenvalue weighted by Crippen LogP contribution is -2.57. The van der Waals surface area contributed by atoms with Crippen LogP contribution in [0.3, 0.4) is 0 Å². The molecule has 2 fully saturated rings. The summed E-state index contributed by atoms with van der Waals surface area (Å²) in [5.41, 5.74) is -1.93. The molecule has 0 radical (unpaired) electrons. The largest absolute Gasteiger partial charge is 0.460 e. The van der Waals surface area contributed by atoms with Crippen molar-refractivity contribution in [2.24, 2.45) is 0 Å². The van der Waals surface area contributed by atoms with E-state index >= 15 is 0 Å². The van der Waals surface area contributed by atoms with Crippen molar-refractivity contribution >= 4 is 42.5 Å². The van der Waals surface area contributed by atoms with E-state index in [0.717, 1.165) is 11.2 Å². The SMILES string of the molecule is CC(=O)O[C@@H](C[C@@H](CO[Si](C)(C)C(C)(C)C)OS(C)(=O)=O)[C@@H]1[C@@H]2OC(C)(C)O[C@@H]2[C@@H](CN(C(C)=O)C(=O)OC(C)(C)C)N1C(=O)OC(C)(C)C. The standard InChI is InChI=1S/C33H60N2O13SSi/c1-20(36)34(28(38)46-30(3,4)5)18-23-26-27(45-33(12,13)44-26)25(35(23)29(39)47-31(6,7)8)24(43-21(2)37)17-22(48-49(14,40)41)19-42-50(15,16)32(9,10)11/h22-27H,17-19H2,1-16H3/t22-,23+,24-,25+,26+,27-/m0/s1. The molecule has 0 unspecified atom stereocenters. The third-order valence-electron chi connectivity index (χ3n) is 8.47. The first-order chi connectivity index (χ1) is 22.2. The van der Waals surface area contributed by atoms with Gasteiger partial charge < -0.3 is 28.1 Å². The minimum Gasteiger partial charge on any atom is -0.460 e. The Labute approximate surface area is 299 Å². The summed E-state index contributed by atoms with van der Waals surface area (Å²) in [5, 5.41) is -0.214. The summed E-state index contributed by atoms with van der Waals surface area (Å²) in [6, 6.07) is -2.23. The molecular formula is C33H60N2O13SSi. The number of rotatable bonds is 11. The Kier molecular flexibility index (Phi) is 13.5. The predicted octanol–water partition coefficient (Wildman–Crippen LogP) is 4.97. The molecule has 0 spiro atoms. The average molecular weight is 753 g/mol. The van der Waals surface area contributed by atoms with Gasteiger partial charge in [0.15, 0.2) is 14.1 Å². The molecule has 0 aliphatic carbocycles. The van der Waals surface area contributed by atoms with Gasteiger partial charge in [0.05, 0.1) is 25.4 Å². The van der Waals surface area contributed by atoms with Crippen LogP contribution in [0.15, 0.2) is 0 Å². The van der Waals surface area contributed by atoms with Crippen LogP contribution in [0.1, 0.15) is 96.4 Å². The lowest BCUT2D eigenvalue weighted by Gasteiger charge is -2.40. The van der Waals surface area contributed by atoms with Gasteiger partial charge in [-0.1, -0.05) is 20.8 Å². The Morgan fingerprint density at radius 3 is 1.86 bits per heavy atom. The number of hydrogen-bond donors (Lipinski definition) is 0. The van der Waals surface area contributed by atoms with E-state index in [0.29, 0.717) is 0 Å². The number of fused-ring (bicyclic) bond motifs is 1. The van der Waals surface area contributed by atoms with Crippen molar-refractivity contribution in [3.8, 4) is 0 Å². The second-order valence-electron chi connectivity index (χ2n) is 17.0. The van der Waals surface area contributed by atoms with E-state index in [2.05, 4.69) is 0 Å². The Balaban J connectivity index is 2.75. The fraction of sp³-hybridized carbons (Fsp3) is 0.879. The summed E-state index contributed by atoms with van der Waals surface area (Å²) in [5.74, 6) is -2.57. The molecule has 0 bridgehead atoms. The molecule has 2 aliphatic heterocycles. The third kappa shape index (κ3) is 12.4. The van der Waals surface area contributed by atoms with Crippen LogP contribution < -0.4 is 0 Å². The Morgan fingerprint density at radius 1 is 0.900 bits per heavy atom. The smallest absolute Gasteiger partial charge is 0.417 e. The van der Waals surface area contributed by atoms with Crippen LogP contribution in [0.4, 0.5) is 9.59 Å². The fourth-order valence-electron chi connectivity index (χ4n) is 5.54. The molecule has 50 heavy (non-hydrogen) atoms. The van der Waals surface area contributed by atoms with E-state index < -0.39 is 96.0 Å². The summed E-state index contributed by atoms with van der Waals surface area (Å²) in [6.45, 7) is 25.2. The molecule has 0 saturated carbocycles. The molecule has 290 valence electrons. The maximum Gasteiger partial charge on any atom is 0.417 e. The van der Waals surface area contributed by atoms with Gasteiger partial charge in [-0.05, 0) is 73.5 Å². The van der Waals surface area contributed by atoms with Crippen molar-refractivity contribution in [3.63, 3.8) is 0 Å². The maximum atomic E-state index is 14.2. The van der Waals surface area contributed by atoms with Gasteiger partial charge in [-0.25, -0.2) is 14.5 Å². The number of esters is 1. The zero-order chi connectivity index (χ0) is 39.0. The zero-order valence-corrected chi connectivity index (χ0v) is 34.5. The molecule has 2 aliphatic rings. The van der Waals surface area contributed by atoms with E-state index in [4.69, 9.17) is 32.3 Å². The van der Waals surface area contributed by atoms with Crippen LogP contribution in [0.5, 0.6) is 0 Å². The van der Waals surface area contributed by atoms with Crippen LogP contribution in [0.2, 0.25) is 18.1 Å². The molecule has 3 amide bonds. The summed E-state index contributed by atoms with van der Waals surface area (Å²) < 4.78 is 66.7. The average Bonchev–Trinajstić information content (AvgIpc) is 3.31. The molecule has 0 aromatic rings. The molecule has 2 rings (SSSR count). The highest BCUT2D eigenvalue weighted by Gasteiger charge is 2.63. The van der Waals surface area contributed by atoms with Gasteiger partial charge in [0, 0.05) is 20.3 Å². The number of ether oxygens (including phenoxy) is 5. The number of carbonyl (C=O) groups is 4. The minimum absolute atomic E-state index is 0.155. The van der Waals surface area contributed by atoms with E-state index in [1.165, 1.54) is 18.7 Å². The van der Waals surface area contributed by atoms with Gasteiger partial charge in [-0.3, -0.25) is 18.7 Å². The van der Waals surface area contributed by atoms with Crippen LogP contribution in [-0.4, -0.2) is 123 Å². The van der Waals surface area contributed by atoms with Crippen LogP contribution in [-0.2, 0) is 52.0 Å². The quantitative estimate of drug-likeness (QED) is 0.120. The first-order valence-corrected chi connectivity index (χ1v) is 21.5. The lowest BCUT2D eigenvalue weighted by molar-refractivity contribution is -0.179. The second-order valence-corrected chi connectivity index (χ2v) is 23.4. The Hall–Kier alpha value is -2.31. The van der Waals surface area contributed by atoms with E-state index in [1.807, 2.05) is 33.9 Å². The van der Waals surface area contributed by atoms with E-state index in [1.54, 1.807) is 55.4 Å². The van der Waals surface area contributed by atoms with Crippen molar-refractivity contribution in [1.82, 2.24) is 9.80 Å². The van der Waals surface area contributed by atoms with E-state index in [9.17, 15) is 27.6 Å². The van der Waals surface area contributed by atoms with Gasteiger partial charge >= 0.3 is 18.2 Å². The molecule has 0 aromatic heterocycles. The van der Waals surface area contributed by atoms with Crippen molar-refractivity contribution in [1.29, 1.82) is 0 Å². The molecule has 2 heterocycles. The first-order valence-electron chi connectivity index (χ1n) is 16.8. The van der Waals surface area contributed by atoms with Crippen molar-refractivity contribution in [3.05, 3.63) is 0 Å². The summed E-state index contributed by atoms with van der Waals surface area (Å²) in [6.07, 6.45) is -5.48. The monoisotopic (exact) mass is 752 g/mol. The number of imide groups is 1. The highest BCUT2D eigenvalue weighted by atomic mass is 32.2. The zero-order valence-electron chi connectivity index (χ0n) is 32.7. The molecule has 15 nitrogen and oxygen atoms in total. The topological polar surface area (TPSA) is 174 Å². The van der Waals surface area contributed by atoms with Crippen molar-refractivity contribution in [2.45, 2.75) is 168 Å². The normalized spacial score (nSPS) is 23.9. The highest BCUT2D eigenvalue weighted by molar-refractivity contribution is 7.86. The van der Waals surface area contributed by atoms with Gasteiger partial charge in [-0.2, -0.15) is 8.42 Å². The number of amides is 3. The molecular weight excluding hydrogens is 693 g/mol. The van der Waals surface area contributed by atoms with Gasteiger partial charge in [0.25, 0.3) is 10.1 Å². The molecule has 2 saturated heterocycles. The van der Waals surface area contributed by atoms with Crippen molar-refractivity contribution in [2.75, 3.05) is 19.4 Å². The van der Waals surface area contributed by atoms with Gasteiger partial charge in [0.1, 0.15) is 41.7 Å². The summed E-state index contributed by atoms with van der Waals surface area (Å²) >= 11 is 0. The predicted molar refractivity (Wildman–Crippen MR) is 186 cm³/mol. The summed E-state index contributed by atoms with van der Waals surface area (Å²) in [4.78, 5) is 55.2. The highest BCUT2D eigenvalue weighted by Crippen LogP contribution is 2.44. The number of carbonyl (C=O) groups excluding carboxylic acids is 4.